The molecule has 1 N–H and O–H groups in total. The zero-order valence-corrected chi connectivity index (χ0v) is 9.67. The molecule has 0 radical (unpaired) electrons. The van der Waals surface area contributed by atoms with Gasteiger partial charge in [-0.3, -0.25) is 0 Å². The summed E-state index contributed by atoms with van der Waals surface area (Å²) in [5.74, 6) is -5.41. The molecule has 1 aromatic rings. The summed E-state index contributed by atoms with van der Waals surface area (Å²) in [6.07, 6.45) is -1.61. The van der Waals surface area contributed by atoms with Gasteiger partial charge in [0.15, 0.2) is 0 Å². The first-order valence-corrected chi connectivity index (χ1v) is 5.48. The fraction of sp³-hybridized carbons (Fsp3) is 0.417. The van der Waals surface area contributed by atoms with Gasteiger partial charge in [-0.15, -0.1) is 0 Å². The first-order valence-electron chi connectivity index (χ1n) is 5.48. The van der Waals surface area contributed by atoms with Crippen LogP contribution in [0.25, 0.3) is 0 Å². The Balaban J connectivity index is 1.99. The highest BCUT2D eigenvalue weighted by Gasteiger charge is 2.50. The normalized spacial score (nSPS) is 21.8. The minimum absolute atomic E-state index is 0.0386. The smallest absolute Gasteiger partial charge is 0.377 e. The van der Waals surface area contributed by atoms with E-state index in [4.69, 9.17) is 0 Å². The lowest BCUT2D eigenvalue weighted by molar-refractivity contribution is -0.158. The van der Waals surface area contributed by atoms with Gasteiger partial charge >= 0.3 is 11.9 Å². The number of halogens is 3. The number of aryl methyl sites for hydroxylation is 1. The second-order valence-corrected chi connectivity index (χ2v) is 4.25. The van der Waals surface area contributed by atoms with Gasteiger partial charge in [-0.2, -0.15) is 8.78 Å². The molecule has 2 rings (SSSR count). The molecule has 0 bridgehead atoms. The lowest BCUT2D eigenvalue weighted by Gasteiger charge is -2.13. The highest BCUT2D eigenvalue weighted by Crippen LogP contribution is 2.31. The van der Waals surface area contributed by atoms with Gasteiger partial charge in [0.2, 0.25) is 0 Å². The number of ether oxygens (including phenoxy) is 1. The number of nitrogens with one attached hydrogen (secondary N) is 1. The number of para-hydroxylation sites is 1. The number of rotatable bonds is 3. The summed E-state index contributed by atoms with van der Waals surface area (Å²) in [7, 11) is 0. The van der Waals surface area contributed by atoms with Gasteiger partial charge in [0.1, 0.15) is 11.9 Å². The molecule has 3 nitrogen and oxygen atoms in total. The first kappa shape index (κ1) is 12.7. The van der Waals surface area contributed by atoms with E-state index in [0.717, 1.165) is 0 Å². The van der Waals surface area contributed by atoms with Crippen molar-refractivity contribution in [3.8, 4) is 0 Å². The number of benzene rings is 1. The molecule has 1 aliphatic heterocycles. The number of hydrogen-bond acceptors (Lipinski definition) is 3. The van der Waals surface area contributed by atoms with E-state index in [9.17, 15) is 18.0 Å². The fourth-order valence-electron chi connectivity index (χ4n) is 1.83. The van der Waals surface area contributed by atoms with Crippen molar-refractivity contribution in [3.63, 3.8) is 0 Å². The summed E-state index contributed by atoms with van der Waals surface area (Å²) in [6.45, 7) is 1.66. The average Bonchev–Trinajstić information content (AvgIpc) is 2.52. The third-order valence-corrected chi connectivity index (χ3v) is 2.78. The van der Waals surface area contributed by atoms with Gasteiger partial charge in [-0.1, -0.05) is 12.1 Å². The van der Waals surface area contributed by atoms with Crippen LogP contribution in [-0.2, 0) is 9.53 Å². The Morgan fingerprint density at radius 3 is 2.78 bits per heavy atom. The molecule has 0 amide bonds. The summed E-state index contributed by atoms with van der Waals surface area (Å²) in [5.41, 5.74) is 0.898. The minimum Gasteiger partial charge on any atom is -0.456 e. The Labute approximate surface area is 102 Å². The van der Waals surface area contributed by atoms with Gasteiger partial charge in [0.25, 0.3) is 0 Å². The maximum absolute atomic E-state index is 13.4. The molecule has 1 atom stereocenters. The fourth-order valence-corrected chi connectivity index (χ4v) is 1.83. The molecule has 1 fully saturated rings. The highest BCUT2D eigenvalue weighted by atomic mass is 19.3. The molecule has 6 heteroatoms. The number of hydrogen-bond donors (Lipinski definition) is 1. The number of esters is 1. The predicted molar refractivity (Wildman–Crippen MR) is 59.1 cm³/mol. The van der Waals surface area contributed by atoms with Crippen molar-refractivity contribution in [1.29, 1.82) is 0 Å². The molecule has 0 spiro atoms. The predicted octanol–water partition coefficient (Wildman–Crippen LogP) is 2.50. The highest BCUT2D eigenvalue weighted by molar-refractivity contribution is 5.79. The summed E-state index contributed by atoms with van der Waals surface area (Å²) >= 11 is 0. The number of cyclic esters (lactones) is 1. The quantitative estimate of drug-likeness (QED) is 0.847. The Bertz CT molecular complexity index is 456. The maximum Gasteiger partial charge on any atom is 0.377 e. The van der Waals surface area contributed by atoms with Gasteiger partial charge in [0, 0.05) is 0 Å². The molecule has 0 aromatic heterocycles. The molecule has 1 saturated heterocycles. The Hall–Kier alpha value is -1.72. The lowest BCUT2D eigenvalue weighted by atomic mass is 10.1. The van der Waals surface area contributed by atoms with Crippen LogP contribution in [0, 0.1) is 12.7 Å². The van der Waals surface area contributed by atoms with Crippen molar-refractivity contribution < 1.29 is 22.7 Å². The second kappa shape index (κ2) is 4.51. The van der Waals surface area contributed by atoms with Crippen LogP contribution in [0.2, 0.25) is 0 Å². The van der Waals surface area contributed by atoms with Crippen LogP contribution in [0.3, 0.4) is 0 Å². The minimum atomic E-state index is -3.43. The van der Waals surface area contributed by atoms with Crippen molar-refractivity contribution in [2.24, 2.45) is 0 Å². The van der Waals surface area contributed by atoms with E-state index in [-0.39, 0.29) is 12.2 Å². The van der Waals surface area contributed by atoms with Crippen LogP contribution in [0.1, 0.15) is 12.0 Å². The monoisotopic (exact) mass is 259 g/mol. The summed E-state index contributed by atoms with van der Waals surface area (Å²) < 4.78 is 43.7. The molecule has 1 aliphatic rings. The van der Waals surface area contributed by atoms with Gasteiger partial charge in [0.05, 0.1) is 18.7 Å². The van der Waals surface area contributed by atoms with Crippen LogP contribution >= 0.6 is 0 Å². The molecule has 1 unspecified atom stereocenters. The molecule has 18 heavy (non-hydrogen) atoms. The summed E-state index contributed by atoms with van der Waals surface area (Å²) in [4.78, 5) is 10.8. The van der Waals surface area contributed by atoms with Crippen LogP contribution in [0.5, 0.6) is 0 Å². The first-order chi connectivity index (χ1) is 8.40. The van der Waals surface area contributed by atoms with Crippen LogP contribution in [-0.4, -0.2) is 24.5 Å². The number of carbonyl (C=O) groups is 1. The number of anilines is 1. The number of alkyl halides is 2. The van der Waals surface area contributed by atoms with E-state index in [1.807, 2.05) is 0 Å². The van der Waals surface area contributed by atoms with Gasteiger partial charge in [-0.05, 0) is 18.6 Å². The van der Waals surface area contributed by atoms with Crippen molar-refractivity contribution in [1.82, 2.24) is 0 Å². The third-order valence-electron chi connectivity index (χ3n) is 2.78. The topological polar surface area (TPSA) is 38.3 Å². The second-order valence-electron chi connectivity index (χ2n) is 4.25. The van der Waals surface area contributed by atoms with Gasteiger partial charge < -0.3 is 10.1 Å². The summed E-state index contributed by atoms with van der Waals surface area (Å²) in [6, 6.07) is 4.52. The van der Waals surface area contributed by atoms with Crippen molar-refractivity contribution in [3.05, 3.63) is 29.6 Å². The zero-order chi connectivity index (χ0) is 13.3. The van der Waals surface area contributed by atoms with E-state index < -0.39 is 30.2 Å². The Morgan fingerprint density at radius 1 is 1.50 bits per heavy atom. The lowest BCUT2D eigenvalue weighted by Crippen LogP contribution is -2.22. The van der Waals surface area contributed by atoms with Crippen LogP contribution < -0.4 is 5.32 Å². The standard InChI is InChI=1S/C12H12F3NO2/c1-7-3-2-4-9(13)10(7)16-6-8-5-12(14,15)11(17)18-8/h2-4,8,16H,5-6H2,1H3. The van der Waals surface area contributed by atoms with Crippen molar-refractivity contribution in [2.45, 2.75) is 25.4 Å². The molecule has 1 aromatic carbocycles. The van der Waals surface area contributed by atoms with Crippen LogP contribution in [0.4, 0.5) is 18.9 Å². The average molecular weight is 259 g/mol. The third kappa shape index (κ3) is 2.42. The Morgan fingerprint density at radius 2 is 2.22 bits per heavy atom. The zero-order valence-electron chi connectivity index (χ0n) is 9.67. The molecular formula is C12H12F3NO2. The van der Waals surface area contributed by atoms with Gasteiger partial charge in [-0.25, -0.2) is 9.18 Å². The van der Waals surface area contributed by atoms with Crippen molar-refractivity contribution >= 4 is 11.7 Å². The molecule has 1 heterocycles. The maximum atomic E-state index is 13.4. The van der Waals surface area contributed by atoms with E-state index in [2.05, 4.69) is 10.1 Å². The Kier molecular flexibility index (Phi) is 3.19. The van der Waals surface area contributed by atoms with E-state index in [0.29, 0.717) is 5.56 Å². The van der Waals surface area contributed by atoms with Crippen LogP contribution in [0.15, 0.2) is 18.2 Å². The molecule has 98 valence electrons. The summed E-state index contributed by atoms with van der Waals surface area (Å²) in [5, 5.41) is 2.70. The van der Waals surface area contributed by atoms with E-state index >= 15 is 0 Å². The largest absolute Gasteiger partial charge is 0.456 e. The molecular weight excluding hydrogens is 247 g/mol. The number of carbonyl (C=O) groups excluding carboxylic acids is 1. The SMILES string of the molecule is Cc1cccc(F)c1NCC1CC(F)(F)C(=O)O1. The molecule has 0 aliphatic carbocycles. The van der Waals surface area contributed by atoms with E-state index in [1.54, 1.807) is 19.1 Å². The van der Waals surface area contributed by atoms with E-state index in [1.165, 1.54) is 6.07 Å². The van der Waals surface area contributed by atoms with Crippen molar-refractivity contribution in [2.75, 3.05) is 11.9 Å². The molecule has 0 saturated carbocycles.